The summed E-state index contributed by atoms with van der Waals surface area (Å²) in [5.74, 6) is -0.596. The van der Waals surface area contributed by atoms with Gasteiger partial charge in [-0.1, -0.05) is 41.9 Å². The van der Waals surface area contributed by atoms with Crippen LogP contribution in [0, 0.1) is 11.3 Å². The Labute approximate surface area is 150 Å². The van der Waals surface area contributed by atoms with E-state index in [9.17, 15) is 4.79 Å². The molecule has 124 valence electrons. The first-order valence-corrected chi connectivity index (χ1v) is 7.98. The van der Waals surface area contributed by atoms with Gasteiger partial charge >= 0.3 is 5.97 Å². The minimum atomic E-state index is -0.842. The third kappa shape index (κ3) is 3.70. The minimum Gasteiger partial charge on any atom is -0.444 e. The number of aromatic nitrogens is 2. The molecule has 3 rings (SSSR count). The van der Waals surface area contributed by atoms with Gasteiger partial charge in [-0.15, -0.1) is 0 Å². The SMILES string of the molecule is C[C@@H](C#N)OC(=O)c1cn(-c2ccccc2)nc1-c1ccc(Cl)cc1. The van der Waals surface area contributed by atoms with Crippen molar-refractivity contribution in [3.8, 4) is 23.0 Å². The van der Waals surface area contributed by atoms with E-state index >= 15 is 0 Å². The van der Waals surface area contributed by atoms with E-state index in [2.05, 4.69) is 5.10 Å². The Morgan fingerprint density at radius 1 is 1.20 bits per heavy atom. The van der Waals surface area contributed by atoms with Crippen LogP contribution in [-0.4, -0.2) is 21.9 Å². The number of hydrogen-bond donors (Lipinski definition) is 0. The lowest BCUT2D eigenvalue weighted by atomic mass is 10.1. The summed E-state index contributed by atoms with van der Waals surface area (Å²) < 4.78 is 6.75. The Hall–Kier alpha value is -3.10. The van der Waals surface area contributed by atoms with Crippen LogP contribution >= 0.6 is 11.6 Å². The molecule has 5 nitrogen and oxygen atoms in total. The molecule has 0 radical (unpaired) electrons. The van der Waals surface area contributed by atoms with Gasteiger partial charge in [0.25, 0.3) is 0 Å². The van der Waals surface area contributed by atoms with E-state index in [4.69, 9.17) is 21.6 Å². The number of benzene rings is 2. The molecule has 25 heavy (non-hydrogen) atoms. The van der Waals surface area contributed by atoms with Gasteiger partial charge in [0.1, 0.15) is 17.3 Å². The van der Waals surface area contributed by atoms with Crippen LogP contribution in [0.3, 0.4) is 0 Å². The molecular weight excluding hydrogens is 338 g/mol. The Morgan fingerprint density at radius 3 is 2.52 bits per heavy atom. The molecule has 6 heteroatoms. The molecule has 0 saturated heterocycles. The zero-order valence-corrected chi connectivity index (χ0v) is 14.1. The average molecular weight is 352 g/mol. The lowest BCUT2D eigenvalue weighted by molar-refractivity contribution is 0.0436. The van der Waals surface area contributed by atoms with Crippen LogP contribution in [0.25, 0.3) is 16.9 Å². The smallest absolute Gasteiger partial charge is 0.343 e. The van der Waals surface area contributed by atoms with Gasteiger partial charge in [0.05, 0.1) is 5.69 Å². The molecule has 1 atom stereocenters. The Kier molecular flexibility index (Phi) is 4.82. The highest BCUT2D eigenvalue weighted by molar-refractivity contribution is 6.30. The molecule has 0 bridgehead atoms. The number of nitrogens with zero attached hydrogens (tertiary/aromatic N) is 3. The predicted molar refractivity (Wildman–Crippen MR) is 94.5 cm³/mol. The van der Waals surface area contributed by atoms with Gasteiger partial charge in [0.2, 0.25) is 0 Å². The molecule has 1 heterocycles. The summed E-state index contributed by atoms with van der Waals surface area (Å²) in [5, 5.41) is 14.0. The van der Waals surface area contributed by atoms with Gasteiger partial charge in [-0.25, -0.2) is 9.48 Å². The monoisotopic (exact) mass is 351 g/mol. The van der Waals surface area contributed by atoms with Crippen molar-refractivity contribution in [1.29, 1.82) is 5.26 Å². The minimum absolute atomic E-state index is 0.285. The molecule has 0 aliphatic carbocycles. The van der Waals surface area contributed by atoms with Crippen molar-refractivity contribution in [2.45, 2.75) is 13.0 Å². The van der Waals surface area contributed by atoms with E-state index in [1.807, 2.05) is 36.4 Å². The number of hydrogen-bond acceptors (Lipinski definition) is 4. The maximum atomic E-state index is 12.5. The Bertz CT molecular complexity index is 928. The molecule has 2 aromatic carbocycles. The Morgan fingerprint density at radius 2 is 1.88 bits per heavy atom. The molecule has 0 unspecified atom stereocenters. The highest BCUT2D eigenvalue weighted by Gasteiger charge is 2.21. The van der Waals surface area contributed by atoms with Crippen LogP contribution in [-0.2, 0) is 4.74 Å². The normalized spacial score (nSPS) is 11.6. The Balaban J connectivity index is 2.08. The quantitative estimate of drug-likeness (QED) is 0.658. The summed E-state index contributed by atoms with van der Waals surface area (Å²) in [6.45, 7) is 1.52. The highest BCUT2D eigenvalue weighted by atomic mass is 35.5. The number of carbonyl (C=O) groups is 1. The van der Waals surface area contributed by atoms with Gasteiger partial charge in [0, 0.05) is 16.8 Å². The molecular formula is C19H14ClN3O2. The maximum Gasteiger partial charge on any atom is 0.343 e. The van der Waals surface area contributed by atoms with Crippen LogP contribution in [0.1, 0.15) is 17.3 Å². The lowest BCUT2D eigenvalue weighted by Crippen LogP contribution is -2.13. The molecule has 1 aromatic heterocycles. The number of para-hydroxylation sites is 1. The number of halogens is 1. The summed E-state index contributed by atoms with van der Waals surface area (Å²) >= 11 is 5.94. The van der Waals surface area contributed by atoms with Crippen LogP contribution in [0.2, 0.25) is 5.02 Å². The zero-order valence-electron chi connectivity index (χ0n) is 13.4. The highest BCUT2D eigenvalue weighted by Crippen LogP contribution is 2.26. The molecule has 3 aromatic rings. The molecule has 0 aliphatic heterocycles. The molecule has 0 amide bonds. The summed E-state index contributed by atoms with van der Waals surface area (Å²) in [6, 6.07) is 18.3. The molecule has 0 aliphatic rings. The largest absolute Gasteiger partial charge is 0.444 e. The van der Waals surface area contributed by atoms with E-state index in [1.165, 1.54) is 6.92 Å². The molecule has 0 fully saturated rings. The first-order chi connectivity index (χ1) is 12.1. The number of nitriles is 1. The third-order valence-electron chi connectivity index (χ3n) is 3.54. The van der Waals surface area contributed by atoms with Crippen LogP contribution in [0.5, 0.6) is 0 Å². The van der Waals surface area contributed by atoms with Crippen LogP contribution in [0.15, 0.2) is 60.8 Å². The van der Waals surface area contributed by atoms with Crippen LogP contribution in [0.4, 0.5) is 0 Å². The van der Waals surface area contributed by atoms with E-state index in [0.29, 0.717) is 10.7 Å². The lowest BCUT2D eigenvalue weighted by Gasteiger charge is -2.05. The van der Waals surface area contributed by atoms with Crippen molar-refractivity contribution < 1.29 is 9.53 Å². The van der Waals surface area contributed by atoms with Gasteiger partial charge in [-0.05, 0) is 31.2 Å². The molecule has 0 saturated carbocycles. The fourth-order valence-corrected chi connectivity index (χ4v) is 2.43. The van der Waals surface area contributed by atoms with Gasteiger partial charge in [0.15, 0.2) is 6.10 Å². The van der Waals surface area contributed by atoms with Crippen molar-refractivity contribution in [3.63, 3.8) is 0 Å². The second kappa shape index (κ2) is 7.20. The first-order valence-electron chi connectivity index (χ1n) is 7.60. The second-order valence-corrected chi connectivity index (χ2v) is 5.79. The van der Waals surface area contributed by atoms with Crippen molar-refractivity contribution in [1.82, 2.24) is 9.78 Å². The summed E-state index contributed by atoms with van der Waals surface area (Å²) in [5.41, 5.74) is 2.30. The number of ether oxygens (including phenoxy) is 1. The van der Waals surface area contributed by atoms with Gasteiger partial charge in [-0.2, -0.15) is 10.4 Å². The van der Waals surface area contributed by atoms with E-state index in [-0.39, 0.29) is 5.56 Å². The average Bonchev–Trinajstić information content (AvgIpc) is 3.08. The van der Waals surface area contributed by atoms with Crippen molar-refractivity contribution in [2.75, 3.05) is 0 Å². The maximum absolute atomic E-state index is 12.5. The molecule has 0 spiro atoms. The van der Waals surface area contributed by atoms with Crippen molar-refractivity contribution in [3.05, 3.63) is 71.4 Å². The number of carbonyl (C=O) groups excluding carboxylic acids is 1. The number of rotatable bonds is 4. The fraction of sp³-hybridized carbons (Fsp3) is 0.105. The molecule has 0 N–H and O–H groups in total. The standard InChI is InChI=1S/C19H14ClN3O2/c1-13(11-21)25-19(24)17-12-23(16-5-3-2-4-6-16)22-18(17)14-7-9-15(20)10-8-14/h2-10,12-13H,1H3/t13-/m0/s1. The summed E-state index contributed by atoms with van der Waals surface area (Å²) in [7, 11) is 0. The van der Waals surface area contributed by atoms with Gasteiger partial charge in [-0.3, -0.25) is 0 Å². The number of esters is 1. The first kappa shape index (κ1) is 16.7. The topological polar surface area (TPSA) is 67.9 Å². The summed E-state index contributed by atoms with van der Waals surface area (Å²) in [6.07, 6.45) is 0.761. The fourth-order valence-electron chi connectivity index (χ4n) is 2.31. The van der Waals surface area contributed by atoms with Crippen molar-refractivity contribution >= 4 is 17.6 Å². The summed E-state index contributed by atoms with van der Waals surface area (Å²) in [4.78, 5) is 12.5. The predicted octanol–water partition coefficient (Wildman–Crippen LogP) is 4.26. The van der Waals surface area contributed by atoms with E-state index < -0.39 is 12.1 Å². The van der Waals surface area contributed by atoms with Gasteiger partial charge < -0.3 is 4.74 Å². The van der Waals surface area contributed by atoms with E-state index in [1.54, 1.807) is 35.1 Å². The van der Waals surface area contributed by atoms with E-state index in [0.717, 1.165) is 11.3 Å². The third-order valence-corrected chi connectivity index (χ3v) is 3.79. The zero-order chi connectivity index (χ0) is 17.8. The van der Waals surface area contributed by atoms with Crippen molar-refractivity contribution in [2.24, 2.45) is 0 Å². The second-order valence-electron chi connectivity index (χ2n) is 5.36. The van der Waals surface area contributed by atoms with Crippen LogP contribution < -0.4 is 0 Å².